The number of anilines is 2. The van der Waals surface area contributed by atoms with E-state index in [9.17, 15) is 27.6 Å². The molecule has 0 aliphatic rings. The van der Waals surface area contributed by atoms with E-state index in [1.807, 2.05) is 13.8 Å². The van der Waals surface area contributed by atoms with Gasteiger partial charge < -0.3 is 21.1 Å². The third kappa shape index (κ3) is 8.09. The average molecular weight is 479 g/mol. The van der Waals surface area contributed by atoms with Crippen LogP contribution < -0.4 is 16.4 Å². The largest absolute Gasteiger partial charge is 0.464 e. The Labute approximate surface area is 195 Å². The summed E-state index contributed by atoms with van der Waals surface area (Å²) in [4.78, 5) is 36.9. The molecule has 184 valence electrons. The molecule has 10 heteroatoms. The lowest BCUT2D eigenvalue weighted by Crippen LogP contribution is -2.43. The third-order valence-corrected chi connectivity index (χ3v) is 4.70. The van der Waals surface area contributed by atoms with E-state index in [0.717, 1.165) is 18.2 Å². The second kappa shape index (κ2) is 11.5. The number of carbonyl (C=O) groups excluding carboxylic acids is 3. The lowest BCUT2D eigenvalue weighted by atomic mass is 10.0. The maximum absolute atomic E-state index is 13.0. The second-order valence-corrected chi connectivity index (χ2v) is 8.17. The molecule has 0 aromatic heterocycles. The SMILES string of the molecule is CCOC(=O)C(Cc1ccc(NC(=O)c2cc(N)cc(C(F)(F)F)c2)cc1)NC(=O)CC(C)C. The van der Waals surface area contributed by atoms with Gasteiger partial charge in [0.15, 0.2) is 0 Å². The molecule has 0 bridgehead atoms. The zero-order chi connectivity index (χ0) is 25.5. The van der Waals surface area contributed by atoms with Crippen molar-refractivity contribution in [3.05, 3.63) is 59.2 Å². The van der Waals surface area contributed by atoms with Crippen molar-refractivity contribution < 1.29 is 32.3 Å². The van der Waals surface area contributed by atoms with Crippen LogP contribution >= 0.6 is 0 Å². The van der Waals surface area contributed by atoms with Gasteiger partial charge in [0.25, 0.3) is 5.91 Å². The fourth-order valence-electron chi connectivity index (χ4n) is 3.17. The number of hydrogen-bond acceptors (Lipinski definition) is 5. The second-order valence-electron chi connectivity index (χ2n) is 8.17. The van der Waals surface area contributed by atoms with E-state index in [-0.39, 0.29) is 42.5 Å². The maximum Gasteiger partial charge on any atom is 0.416 e. The highest BCUT2D eigenvalue weighted by Gasteiger charge is 2.31. The summed E-state index contributed by atoms with van der Waals surface area (Å²) < 4.78 is 44.0. The van der Waals surface area contributed by atoms with E-state index < -0.39 is 29.7 Å². The van der Waals surface area contributed by atoms with E-state index in [1.54, 1.807) is 31.2 Å². The van der Waals surface area contributed by atoms with Gasteiger partial charge in [0, 0.05) is 29.8 Å². The first-order valence-electron chi connectivity index (χ1n) is 10.7. The first-order chi connectivity index (χ1) is 15.9. The number of esters is 1. The van der Waals surface area contributed by atoms with Crippen LogP contribution in [0.3, 0.4) is 0 Å². The standard InChI is InChI=1S/C24H28F3N3O4/c1-4-34-23(33)20(30-21(31)9-14(2)3)10-15-5-7-19(8-6-15)29-22(32)16-11-17(24(25,26)27)13-18(28)12-16/h5-8,11-14,20H,4,9-10,28H2,1-3H3,(H,29,32)(H,30,31). The van der Waals surface area contributed by atoms with Crippen molar-refractivity contribution in [1.82, 2.24) is 5.32 Å². The molecular formula is C24H28F3N3O4. The Morgan fingerprint density at radius 1 is 1.06 bits per heavy atom. The van der Waals surface area contributed by atoms with Gasteiger partial charge in [-0.2, -0.15) is 13.2 Å². The average Bonchev–Trinajstić information content (AvgIpc) is 2.73. The normalized spacial score (nSPS) is 12.2. The Bertz CT molecular complexity index is 1020. The number of ether oxygens (including phenoxy) is 1. The van der Waals surface area contributed by atoms with Gasteiger partial charge in [-0.3, -0.25) is 9.59 Å². The highest BCUT2D eigenvalue weighted by atomic mass is 19.4. The van der Waals surface area contributed by atoms with E-state index in [4.69, 9.17) is 10.5 Å². The molecule has 2 aromatic rings. The fraction of sp³-hybridized carbons (Fsp3) is 0.375. The van der Waals surface area contributed by atoms with Gasteiger partial charge in [0.1, 0.15) is 6.04 Å². The molecule has 0 saturated heterocycles. The van der Waals surface area contributed by atoms with Crippen LogP contribution in [0.2, 0.25) is 0 Å². The zero-order valence-electron chi connectivity index (χ0n) is 19.2. The fourth-order valence-corrected chi connectivity index (χ4v) is 3.17. The highest BCUT2D eigenvalue weighted by molar-refractivity contribution is 6.05. The van der Waals surface area contributed by atoms with Crippen LogP contribution in [-0.2, 0) is 26.9 Å². The van der Waals surface area contributed by atoms with Gasteiger partial charge in [0.2, 0.25) is 5.91 Å². The minimum atomic E-state index is -4.63. The number of nitrogen functional groups attached to an aromatic ring is 1. The lowest BCUT2D eigenvalue weighted by Gasteiger charge is -2.18. The van der Waals surface area contributed by atoms with Crippen LogP contribution in [0.5, 0.6) is 0 Å². The van der Waals surface area contributed by atoms with Crippen molar-refractivity contribution in [3.8, 4) is 0 Å². The van der Waals surface area contributed by atoms with Gasteiger partial charge in [-0.15, -0.1) is 0 Å². The summed E-state index contributed by atoms with van der Waals surface area (Å²) in [6, 6.07) is 8.12. The number of amides is 2. The zero-order valence-corrected chi connectivity index (χ0v) is 19.2. The molecule has 1 atom stereocenters. The van der Waals surface area contributed by atoms with Gasteiger partial charge in [-0.1, -0.05) is 26.0 Å². The number of rotatable bonds is 9. The highest BCUT2D eigenvalue weighted by Crippen LogP contribution is 2.31. The molecule has 0 radical (unpaired) electrons. The van der Waals surface area contributed by atoms with Crippen molar-refractivity contribution in [2.75, 3.05) is 17.7 Å². The predicted molar refractivity (Wildman–Crippen MR) is 122 cm³/mol. The number of alkyl halides is 3. The maximum atomic E-state index is 13.0. The summed E-state index contributed by atoms with van der Waals surface area (Å²) >= 11 is 0. The molecule has 7 nitrogen and oxygen atoms in total. The molecule has 2 rings (SSSR count). The van der Waals surface area contributed by atoms with Crippen molar-refractivity contribution in [1.29, 1.82) is 0 Å². The van der Waals surface area contributed by atoms with Crippen LogP contribution in [0.25, 0.3) is 0 Å². The molecule has 4 N–H and O–H groups in total. The van der Waals surface area contributed by atoms with Crippen LogP contribution in [0.1, 0.15) is 48.7 Å². The Morgan fingerprint density at radius 3 is 2.26 bits per heavy atom. The molecule has 0 heterocycles. The molecule has 2 amide bonds. The van der Waals surface area contributed by atoms with Gasteiger partial charge in [-0.25, -0.2) is 4.79 Å². The summed E-state index contributed by atoms with van der Waals surface area (Å²) in [6.45, 7) is 5.61. The van der Waals surface area contributed by atoms with Crippen molar-refractivity contribution >= 4 is 29.2 Å². The molecule has 34 heavy (non-hydrogen) atoms. The Hall–Kier alpha value is -3.56. The van der Waals surface area contributed by atoms with Crippen LogP contribution in [0, 0.1) is 5.92 Å². The first kappa shape index (κ1) is 26.7. The Morgan fingerprint density at radius 2 is 1.71 bits per heavy atom. The summed E-state index contributed by atoms with van der Waals surface area (Å²) in [5, 5.41) is 5.20. The summed E-state index contributed by atoms with van der Waals surface area (Å²) in [5.74, 6) is -1.45. The van der Waals surface area contributed by atoms with Crippen LogP contribution in [0.15, 0.2) is 42.5 Å². The molecule has 0 spiro atoms. The number of nitrogens with two attached hydrogens (primary N) is 1. The third-order valence-electron chi connectivity index (χ3n) is 4.70. The monoisotopic (exact) mass is 479 g/mol. The van der Waals surface area contributed by atoms with Crippen LogP contribution in [0.4, 0.5) is 24.5 Å². The lowest BCUT2D eigenvalue weighted by molar-refractivity contribution is -0.147. The van der Waals surface area contributed by atoms with E-state index in [0.29, 0.717) is 11.3 Å². The summed E-state index contributed by atoms with van der Waals surface area (Å²) in [6.07, 6.45) is -4.20. The molecule has 0 aliphatic heterocycles. The summed E-state index contributed by atoms with van der Waals surface area (Å²) in [5.41, 5.74) is 5.10. The molecule has 0 saturated carbocycles. The first-order valence-corrected chi connectivity index (χ1v) is 10.7. The molecule has 0 fully saturated rings. The number of benzene rings is 2. The number of nitrogens with one attached hydrogen (secondary N) is 2. The van der Waals surface area contributed by atoms with Gasteiger partial charge in [-0.05, 0) is 48.7 Å². The van der Waals surface area contributed by atoms with Crippen molar-refractivity contribution in [3.63, 3.8) is 0 Å². The minimum Gasteiger partial charge on any atom is -0.464 e. The number of carbonyl (C=O) groups is 3. The molecule has 0 aliphatic carbocycles. The number of hydrogen-bond donors (Lipinski definition) is 3. The Kier molecular flexibility index (Phi) is 9.05. The van der Waals surface area contributed by atoms with E-state index in [2.05, 4.69) is 10.6 Å². The quantitative estimate of drug-likeness (QED) is 0.369. The minimum absolute atomic E-state index is 0.123. The van der Waals surface area contributed by atoms with E-state index >= 15 is 0 Å². The topological polar surface area (TPSA) is 111 Å². The van der Waals surface area contributed by atoms with Gasteiger partial charge >= 0.3 is 12.1 Å². The van der Waals surface area contributed by atoms with Crippen LogP contribution in [-0.4, -0.2) is 30.4 Å². The molecule has 1 unspecified atom stereocenters. The number of halogens is 3. The molecule has 2 aromatic carbocycles. The smallest absolute Gasteiger partial charge is 0.416 e. The van der Waals surface area contributed by atoms with E-state index in [1.165, 1.54) is 0 Å². The molecular weight excluding hydrogens is 451 g/mol. The predicted octanol–water partition coefficient (Wildman–Crippen LogP) is 4.18. The van der Waals surface area contributed by atoms with Crippen molar-refractivity contribution in [2.45, 2.75) is 45.8 Å². The van der Waals surface area contributed by atoms with Gasteiger partial charge in [0.05, 0.1) is 12.2 Å². The summed E-state index contributed by atoms with van der Waals surface area (Å²) in [7, 11) is 0. The van der Waals surface area contributed by atoms with Crippen molar-refractivity contribution in [2.24, 2.45) is 5.92 Å². The Balaban J connectivity index is 2.11.